The molecular formula is C20H23N3O2. The van der Waals surface area contributed by atoms with Crippen molar-refractivity contribution < 1.29 is 9.53 Å². The van der Waals surface area contributed by atoms with Crippen LogP contribution in [0.2, 0.25) is 0 Å². The molecule has 1 amide bonds. The first-order chi connectivity index (χ1) is 12.3. The van der Waals surface area contributed by atoms with Crippen LogP contribution in [0.5, 0.6) is 5.75 Å². The zero-order valence-electron chi connectivity index (χ0n) is 14.3. The van der Waals surface area contributed by atoms with Crippen LogP contribution >= 0.6 is 0 Å². The lowest BCUT2D eigenvalue weighted by Gasteiger charge is -2.24. The third-order valence-corrected chi connectivity index (χ3v) is 5.01. The third-order valence-electron chi connectivity index (χ3n) is 5.01. The zero-order chi connectivity index (χ0) is 17.1. The second-order valence-electron chi connectivity index (χ2n) is 6.66. The van der Waals surface area contributed by atoms with Gasteiger partial charge in [0, 0.05) is 24.8 Å². The number of carbonyl (C=O) groups is 1. The number of carbonyl (C=O) groups excluding carboxylic acids is 1. The number of nitrogens with one attached hydrogen (secondary N) is 1. The van der Waals surface area contributed by atoms with Gasteiger partial charge in [0.1, 0.15) is 12.4 Å². The van der Waals surface area contributed by atoms with Gasteiger partial charge in [0.05, 0.1) is 11.7 Å². The minimum absolute atomic E-state index is 0.0933. The van der Waals surface area contributed by atoms with Crippen molar-refractivity contribution in [2.75, 3.05) is 25.0 Å². The number of hydrogen-bond donors (Lipinski definition) is 1. The molecule has 130 valence electrons. The van der Waals surface area contributed by atoms with Crippen LogP contribution in [0.15, 0.2) is 42.6 Å². The highest BCUT2D eigenvalue weighted by Crippen LogP contribution is 2.30. The Hall–Kier alpha value is -2.40. The molecular weight excluding hydrogens is 314 g/mol. The summed E-state index contributed by atoms with van der Waals surface area (Å²) in [6.45, 7) is 2.66. The fourth-order valence-corrected chi connectivity index (χ4v) is 3.73. The second-order valence-corrected chi connectivity index (χ2v) is 6.66. The molecule has 5 heteroatoms. The third kappa shape index (κ3) is 3.66. The van der Waals surface area contributed by atoms with Crippen LogP contribution in [0.1, 0.15) is 36.6 Å². The van der Waals surface area contributed by atoms with Gasteiger partial charge in [-0.3, -0.25) is 14.7 Å². The Balaban J connectivity index is 1.34. The average Bonchev–Trinajstić information content (AvgIpc) is 3.11. The molecule has 4 rings (SSSR count). The molecule has 0 spiro atoms. The molecule has 2 aromatic rings. The molecule has 1 aromatic carbocycles. The van der Waals surface area contributed by atoms with Gasteiger partial charge in [-0.1, -0.05) is 6.07 Å². The molecule has 1 atom stereocenters. The van der Waals surface area contributed by atoms with Gasteiger partial charge in [0.15, 0.2) is 0 Å². The summed E-state index contributed by atoms with van der Waals surface area (Å²) in [4.78, 5) is 18.4. The molecule has 5 nitrogen and oxygen atoms in total. The highest BCUT2D eigenvalue weighted by Gasteiger charge is 2.26. The summed E-state index contributed by atoms with van der Waals surface area (Å²) < 4.78 is 5.97. The van der Waals surface area contributed by atoms with E-state index >= 15 is 0 Å². The smallest absolute Gasteiger partial charge is 0.224 e. The number of benzene rings is 1. The first-order valence-corrected chi connectivity index (χ1v) is 9.00. The van der Waals surface area contributed by atoms with Crippen molar-refractivity contribution in [3.63, 3.8) is 0 Å². The number of aryl methyl sites for hydroxylation is 1. The van der Waals surface area contributed by atoms with Gasteiger partial charge >= 0.3 is 0 Å². The van der Waals surface area contributed by atoms with E-state index in [-0.39, 0.29) is 5.91 Å². The van der Waals surface area contributed by atoms with Crippen molar-refractivity contribution in [2.24, 2.45) is 0 Å². The van der Waals surface area contributed by atoms with E-state index in [0.29, 0.717) is 19.1 Å². The lowest BCUT2D eigenvalue weighted by atomic mass is 10.0. The Bertz CT molecular complexity index is 748. The van der Waals surface area contributed by atoms with Crippen molar-refractivity contribution in [1.82, 2.24) is 9.88 Å². The molecule has 0 bridgehead atoms. The van der Waals surface area contributed by atoms with E-state index in [2.05, 4.69) is 33.4 Å². The summed E-state index contributed by atoms with van der Waals surface area (Å²) in [6.07, 6.45) is 5.58. The lowest BCUT2D eigenvalue weighted by molar-refractivity contribution is -0.116. The lowest BCUT2D eigenvalue weighted by Crippen LogP contribution is -2.28. The topological polar surface area (TPSA) is 54.5 Å². The summed E-state index contributed by atoms with van der Waals surface area (Å²) in [5, 5.41) is 2.90. The van der Waals surface area contributed by atoms with Gasteiger partial charge in [-0.2, -0.15) is 0 Å². The molecule has 1 aromatic heterocycles. The number of anilines is 1. The van der Waals surface area contributed by atoms with Crippen molar-refractivity contribution in [2.45, 2.75) is 31.7 Å². The summed E-state index contributed by atoms with van der Waals surface area (Å²) in [5.74, 6) is 0.972. The molecule has 1 fully saturated rings. The van der Waals surface area contributed by atoms with E-state index in [1.165, 1.54) is 6.42 Å². The fourth-order valence-electron chi connectivity index (χ4n) is 3.73. The Morgan fingerprint density at radius 2 is 2.20 bits per heavy atom. The number of likely N-dealkylation sites (tertiary alicyclic amines) is 1. The van der Waals surface area contributed by atoms with Crippen LogP contribution in [-0.2, 0) is 11.2 Å². The van der Waals surface area contributed by atoms with Crippen LogP contribution in [0.4, 0.5) is 5.69 Å². The number of rotatable bonds is 5. The van der Waals surface area contributed by atoms with Crippen LogP contribution in [0.3, 0.4) is 0 Å². The standard InChI is InChI=1S/C20H23N3O2/c24-20-9-6-15-14-16(7-8-17(15)22-20)25-13-12-23-11-3-5-19(23)18-4-1-2-10-21-18/h1-2,4,7-8,10,14,19H,3,5-6,9,11-13H2,(H,22,24). The first kappa shape index (κ1) is 16.1. The van der Waals surface area contributed by atoms with Crippen LogP contribution in [0.25, 0.3) is 0 Å². The highest BCUT2D eigenvalue weighted by atomic mass is 16.5. The predicted molar refractivity (Wildman–Crippen MR) is 96.7 cm³/mol. The SMILES string of the molecule is O=C1CCc2cc(OCCN3CCCC3c3ccccn3)ccc2N1. The Morgan fingerprint density at radius 3 is 3.08 bits per heavy atom. The molecule has 0 radical (unpaired) electrons. The van der Waals surface area contributed by atoms with Crippen molar-refractivity contribution >= 4 is 11.6 Å². The average molecular weight is 337 g/mol. The van der Waals surface area contributed by atoms with Gasteiger partial charge in [-0.25, -0.2) is 0 Å². The van der Waals surface area contributed by atoms with E-state index in [4.69, 9.17) is 4.74 Å². The normalized spacial score (nSPS) is 20.2. The Kier molecular flexibility index (Phi) is 4.65. The minimum Gasteiger partial charge on any atom is -0.492 e. The van der Waals surface area contributed by atoms with E-state index in [1.54, 1.807) is 0 Å². The molecule has 25 heavy (non-hydrogen) atoms. The molecule has 1 saturated heterocycles. The summed E-state index contributed by atoms with van der Waals surface area (Å²) in [6, 6.07) is 12.5. The fraction of sp³-hybridized carbons (Fsp3) is 0.400. The Labute approximate surface area is 148 Å². The quantitative estimate of drug-likeness (QED) is 0.910. The number of aromatic nitrogens is 1. The van der Waals surface area contributed by atoms with Crippen LogP contribution in [0, 0.1) is 0 Å². The maximum atomic E-state index is 11.4. The van der Waals surface area contributed by atoms with Crippen LogP contribution < -0.4 is 10.1 Å². The van der Waals surface area contributed by atoms with E-state index < -0.39 is 0 Å². The maximum Gasteiger partial charge on any atom is 0.224 e. The maximum absolute atomic E-state index is 11.4. The summed E-state index contributed by atoms with van der Waals surface area (Å²) in [5.41, 5.74) is 3.23. The van der Waals surface area contributed by atoms with Gasteiger partial charge < -0.3 is 10.1 Å². The minimum atomic E-state index is 0.0933. The van der Waals surface area contributed by atoms with Crippen molar-refractivity contribution in [3.05, 3.63) is 53.9 Å². The van der Waals surface area contributed by atoms with E-state index in [9.17, 15) is 4.79 Å². The molecule has 0 aliphatic carbocycles. The van der Waals surface area contributed by atoms with Gasteiger partial charge in [0.2, 0.25) is 5.91 Å². The number of ether oxygens (including phenoxy) is 1. The molecule has 3 heterocycles. The van der Waals surface area contributed by atoms with E-state index in [1.807, 2.05) is 24.4 Å². The summed E-state index contributed by atoms with van der Waals surface area (Å²) in [7, 11) is 0. The number of nitrogens with zero attached hydrogens (tertiary/aromatic N) is 2. The van der Waals surface area contributed by atoms with Gasteiger partial charge in [-0.05, 0) is 61.7 Å². The molecule has 1 unspecified atom stereocenters. The zero-order valence-corrected chi connectivity index (χ0v) is 14.3. The molecule has 2 aliphatic rings. The molecule has 2 aliphatic heterocycles. The molecule has 0 saturated carbocycles. The second kappa shape index (κ2) is 7.23. The number of amides is 1. The molecule has 1 N–H and O–H groups in total. The Morgan fingerprint density at radius 1 is 1.24 bits per heavy atom. The van der Waals surface area contributed by atoms with E-state index in [0.717, 1.165) is 48.6 Å². The monoisotopic (exact) mass is 337 g/mol. The highest BCUT2D eigenvalue weighted by molar-refractivity contribution is 5.93. The first-order valence-electron chi connectivity index (χ1n) is 9.00. The number of hydrogen-bond acceptors (Lipinski definition) is 4. The number of fused-ring (bicyclic) bond motifs is 1. The van der Waals surface area contributed by atoms with Gasteiger partial charge in [0.25, 0.3) is 0 Å². The summed E-state index contributed by atoms with van der Waals surface area (Å²) >= 11 is 0. The van der Waals surface area contributed by atoms with Crippen molar-refractivity contribution in [1.29, 1.82) is 0 Å². The van der Waals surface area contributed by atoms with Crippen LogP contribution in [-0.4, -0.2) is 35.5 Å². The van der Waals surface area contributed by atoms with Gasteiger partial charge in [-0.15, -0.1) is 0 Å². The predicted octanol–water partition coefficient (Wildman–Crippen LogP) is 3.18. The largest absolute Gasteiger partial charge is 0.492 e. The van der Waals surface area contributed by atoms with Crippen molar-refractivity contribution in [3.8, 4) is 5.75 Å². The number of pyridine rings is 1.